The number of alkyl halides is 3. The van der Waals surface area contributed by atoms with Gasteiger partial charge < -0.3 is 9.80 Å². The number of fused-ring (bicyclic) bond motifs is 1. The molecule has 0 aliphatic carbocycles. The van der Waals surface area contributed by atoms with Gasteiger partial charge in [-0.3, -0.25) is 4.79 Å². The van der Waals surface area contributed by atoms with Crippen LogP contribution in [0.15, 0.2) is 42.5 Å². The molecule has 1 amide bonds. The normalized spacial score (nSPS) is 17.0. The minimum absolute atomic E-state index is 0.0542. The van der Waals surface area contributed by atoms with Crippen molar-refractivity contribution in [1.29, 1.82) is 0 Å². The maximum atomic E-state index is 14.2. The summed E-state index contributed by atoms with van der Waals surface area (Å²) in [6, 6.07) is 8.77. The third kappa shape index (κ3) is 4.91. The molecule has 0 spiro atoms. The van der Waals surface area contributed by atoms with E-state index in [4.69, 9.17) is 11.6 Å². The van der Waals surface area contributed by atoms with E-state index in [1.807, 2.05) is 6.07 Å². The van der Waals surface area contributed by atoms with E-state index < -0.39 is 23.9 Å². The van der Waals surface area contributed by atoms with Gasteiger partial charge in [0, 0.05) is 24.7 Å². The SMILES string of the molecule is Cc1nc(C(=O)N2CCN(c3nc4cc(Cl)ccc4s3)CC[C@H]2C(F)(F)F)c(-c2ccc(F)cc2)s1. The molecule has 3 heterocycles. The molecule has 36 heavy (non-hydrogen) atoms. The van der Waals surface area contributed by atoms with E-state index in [0.717, 1.165) is 9.60 Å². The fourth-order valence-electron chi connectivity index (χ4n) is 4.23. The molecule has 0 unspecified atom stereocenters. The summed E-state index contributed by atoms with van der Waals surface area (Å²) in [6.07, 6.45) is -4.92. The maximum absolute atomic E-state index is 14.2. The molecule has 12 heteroatoms. The van der Waals surface area contributed by atoms with Crippen molar-refractivity contribution in [2.75, 3.05) is 24.5 Å². The Labute approximate surface area is 217 Å². The smallest absolute Gasteiger partial charge is 0.346 e. The summed E-state index contributed by atoms with van der Waals surface area (Å²) < 4.78 is 56.8. The average Bonchev–Trinajstić information content (AvgIpc) is 3.33. The molecule has 2 aromatic carbocycles. The van der Waals surface area contributed by atoms with Gasteiger partial charge in [-0.05, 0) is 49.2 Å². The minimum Gasteiger partial charge on any atom is -0.346 e. The Morgan fingerprint density at radius 1 is 1.06 bits per heavy atom. The van der Waals surface area contributed by atoms with Crippen molar-refractivity contribution in [2.45, 2.75) is 25.6 Å². The van der Waals surface area contributed by atoms with Crippen LogP contribution in [0.1, 0.15) is 21.9 Å². The number of rotatable bonds is 3. The van der Waals surface area contributed by atoms with E-state index in [0.29, 0.717) is 31.1 Å². The topological polar surface area (TPSA) is 49.3 Å². The standard InChI is InChI=1S/C24H19ClF4N4OS2/c1-13-30-20(21(35-13)14-2-5-16(26)6-3-14)22(34)33-11-10-32(9-8-19(33)24(27,28)29)23-31-17-12-15(25)4-7-18(17)36-23/h2-7,12,19H,8-11H2,1H3/t19-/m0/s1. The van der Waals surface area contributed by atoms with Gasteiger partial charge in [0.2, 0.25) is 0 Å². The van der Waals surface area contributed by atoms with Crippen LogP contribution in [0, 0.1) is 12.7 Å². The van der Waals surface area contributed by atoms with Crippen molar-refractivity contribution in [2.24, 2.45) is 0 Å². The molecular formula is C24H19ClF4N4OS2. The predicted octanol–water partition coefficient (Wildman–Crippen LogP) is 6.80. The van der Waals surface area contributed by atoms with Gasteiger partial charge in [0.05, 0.1) is 20.1 Å². The zero-order chi connectivity index (χ0) is 25.6. The lowest BCUT2D eigenvalue weighted by Crippen LogP contribution is -2.49. The largest absolute Gasteiger partial charge is 0.408 e. The number of nitrogens with zero attached hydrogens (tertiary/aromatic N) is 4. The first kappa shape index (κ1) is 24.9. The highest BCUT2D eigenvalue weighted by atomic mass is 35.5. The summed E-state index contributed by atoms with van der Waals surface area (Å²) in [5.41, 5.74) is 1.15. The van der Waals surface area contributed by atoms with Crippen molar-refractivity contribution < 1.29 is 22.4 Å². The minimum atomic E-state index is -4.62. The van der Waals surface area contributed by atoms with Crippen molar-refractivity contribution in [1.82, 2.24) is 14.9 Å². The number of amides is 1. The fourth-order valence-corrected chi connectivity index (χ4v) is 6.31. The van der Waals surface area contributed by atoms with Gasteiger partial charge >= 0.3 is 6.18 Å². The lowest BCUT2D eigenvalue weighted by molar-refractivity contribution is -0.176. The zero-order valence-electron chi connectivity index (χ0n) is 18.9. The Morgan fingerprint density at radius 2 is 1.81 bits per heavy atom. The monoisotopic (exact) mass is 554 g/mol. The van der Waals surface area contributed by atoms with Gasteiger partial charge in [-0.15, -0.1) is 11.3 Å². The van der Waals surface area contributed by atoms with E-state index in [1.54, 1.807) is 24.0 Å². The molecular weight excluding hydrogens is 536 g/mol. The van der Waals surface area contributed by atoms with Crippen LogP contribution in [-0.2, 0) is 0 Å². The van der Waals surface area contributed by atoms with Gasteiger partial charge in [-0.2, -0.15) is 13.2 Å². The number of carbonyl (C=O) groups excluding carboxylic acids is 1. The summed E-state index contributed by atoms with van der Waals surface area (Å²) in [5, 5.41) is 1.64. The molecule has 1 aliphatic rings. The highest BCUT2D eigenvalue weighted by Gasteiger charge is 2.47. The molecule has 0 N–H and O–H groups in total. The molecule has 0 radical (unpaired) electrons. The number of anilines is 1. The van der Waals surface area contributed by atoms with E-state index in [2.05, 4.69) is 9.97 Å². The van der Waals surface area contributed by atoms with Crippen molar-refractivity contribution in [3.05, 3.63) is 64.0 Å². The first-order chi connectivity index (χ1) is 17.1. The molecule has 5 rings (SSSR count). The molecule has 1 fully saturated rings. The molecule has 0 bridgehead atoms. The summed E-state index contributed by atoms with van der Waals surface area (Å²) in [4.78, 5) is 25.4. The number of halogens is 5. The Bertz CT molecular complexity index is 1420. The third-order valence-corrected chi connectivity index (χ3v) is 8.30. The fraction of sp³-hybridized carbons (Fsp3) is 0.292. The van der Waals surface area contributed by atoms with Crippen molar-refractivity contribution in [3.63, 3.8) is 0 Å². The molecule has 2 aromatic heterocycles. The summed E-state index contributed by atoms with van der Waals surface area (Å²) in [5.74, 6) is -1.24. The van der Waals surface area contributed by atoms with E-state index >= 15 is 0 Å². The van der Waals surface area contributed by atoms with Crippen LogP contribution in [0.4, 0.5) is 22.7 Å². The number of hydrogen-bond acceptors (Lipinski definition) is 6. The highest BCUT2D eigenvalue weighted by molar-refractivity contribution is 7.22. The molecule has 5 nitrogen and oxygen atoms in total. The van der Waals surface area contributed by atoms with Gasteiger partial charge in [0.15, 0.2) is 5.13 Å². The summed E-state index contributed by atoms with van der Waals surface area (Å²) >= 11 is 8.61. The molecule has 188 valence electrons. The van der Waals surface area contributed by atoms with Crippen LogP contribution in [0.5, 0.6) is 0 Å². The maximum Gasteiger partial charge on any atom is 0.408 e. The van der Waals surface area contributed by atoms with E-state index in [1.165, 1.54) is 46.9 Å². The van der Waals surface area contributed by atoms with Crippen LogP contribution in [0.25, 0.3) is 20.7 Å². The van der Waals surface area contributed by atoms with Crippen LogP contribution in [0.3, 0.4) is 0 Å². The first-order valence-electron chi connectivity index (χ1n) is 11.0. The molecule has 0 saturated carbocycles. The Hall–Kier alpha value is -2.76. The number of aromatic nitrogens is 2. The number of benzene rings is 2. The average molecular weight is 555 g/mol. The van der Waals surface area contributed by atoms with Gasteiger partial charge in [-0.25, -0.2) is 14.4 Å². The first-order valence-corrected chi connectivity index (χ1v) is 13.0. The van der Waals surface area contributed by atoms with Crippen LogP contribution >= 0.6 is 34.3 Å². The molecule has 1 saturated heterocycles. The van der Waals surface area contributed by atoms with Gasteiger partial charge in [0.25, 0.3) is 5.91 Å². The van der Waals surface area contributed by atoms with Crippen LogP contribution < -0.4 is 4.90 Å². The second-order valence-electron chi connectivity index (χ2n) is 8.36. The summed E-state index contributed by atoms with van der Waals surface area (Å²) in [7, 11) is 0. The Kier molecular flexibility index (Phi) is 6.65. The quantitative estimate of drug-likeness (QED) is 0.261. The molecule has 4 aromatic rings. The van der Waals surface area contributed by atoms with Gasteiger partial charge in [0.1, 0.15) is 17.6 Å². The van der Waals surface area contributed by atoms with E-state index in [9.17, 15) is 22.4 Å². The number of thiazole rings is 2. The zero-order valence-corrected chi connectivity index (χ0v) is 21.2. The third-order valence-electron chi connectivity index (χ3n) is 5.95. The summed E-state index contributed by atoms with van der Waals surface area (Å²) in [6.45, 7) is 1.79. The van der Waals surface area contributed by atoms with Crippen LogP contribution in [-0.4, -0.2) is 52.6 Å². The lowest BCUT2D eigenvalue weighted by Gasteiger charge is -2.30. The van der Waals surface area contributed by atoms with Gasteiger partial charge in [-0.1, -0.05) is 35.1 Å². The van der Waals surface area contributed by atoms with Crippen LogP contribution in [0.2, 0.25) is 5.02 Å². The number of aryl methyl sites for hydroxylation is 1. The van der Waals surface area contributed by atoms with Crippen molar-refractivity contribution in [3.8, 4) is 10.4 Å². The number of carbonyl (C=O) groups is 1. The predicted molar refractivity (Wildman–Crippen MR) is 135 cm³/mol. The van der Waals surface area contributed by atoms with Crippen molar-refractivity contribution >= 4 is 55.5 Å². The second kappa shape index (κ2) is 9.60. The Morgan fingerprint density at radius 3 is 2.53 bits per heavy atom. The molecule has 1 aliphatic heterocycles. The van der Waals surface area contributed by atoms with E-state index in [-0.39, 0.29) is 31.7 Å². The lowest BCUT2D eigenvalue weighted by atomic mass is 10.1. The highest BCUT2D eigenvalue weighted by Crippen LogP contribution is 2.36. The Balaban J connectivity index is 1.47. The second-order valence-corrected chi connectivity index (χ2v) is 11.0. The number of hydrogen-bond donors (Lipinski definition) is 0. The molecule has 1 atom stereocenters.